The predicted molar refractivity (Wildman–Crippen MR) is 88.3 cm³/mol. The Balaban J connectivity index is 1.74. The monoisotopic (exact) mass is 313 g/mol. The molecule has 0 bridgehead atoms. The van der Waals surface area contributed by atoms with Crippen molar-refractivity contribution in [1.82, 2.24) is 4.98 Å². The topological polar surface area (TPSA) is 45.2 Å². The lowest BCUT2D eigenvalue weighted by molar-refractivity contribution is -0.0841. The minimum atomic E-state index is -0.229. The van der Waals surface area contributed by atoms with Gasteiger partial charge in [-0.15, -0.1) is 0 Å². The third kappa shape index (κ3) is 2.05. The molecule has 4 rings (SSSR count). The van der Waals surface area contributed by atoms with Crippen LogP contribution in [0.25, 0.3) is 22.0 Å². The van der Waals surface area contributed by atoms with E-state index in [0.717, 1.165) is 32.6 Å². The summed E-state index contributed by atoms with van der Waals surface area (Å²) in [5.74, 6) is 0. The number of benzene rings is 2. The van der Waals surface area contributed by atoms with E-state index < -0.39 is 0 Å². The molecule has 0 atom stereocenters. The smallest absolute Gasteiger partial charge is 0.0651 e. The summed E-state index contributed by atoms with van der Waals surface area (Å²) < 4.78 is 5.27. The number of halogens is 1. The van der Waals surface area contributed by atoms with Gasteiger partial charge >= 0.3 is 0 Å². The van der Waals surface area contributed by atoms with E-state index in [1.165, 1.54) is 0 Å². The molecule has 3 nitrogen and oxygen atoms in total. The third-order valence-electron chi connectivity index (χ3n) is 4.51. The summed E-state index contributed by atoms with van der Waals surface area (Å²) in [7, 11) is 0. The summed E-state index contributed by atoms with van der Waals surface area (Å²) in [5, 5.41) is 11.5. The first kappa shape index (κ1) is 13.8. The minimum Gasteiger partial charge on any atom is -0.395 e. The number of hydrogen-bond donors (Lipinski definition) is 2. The van der Waals surface area contributed by atoms with Crippen LogP contribution < -0.4 is 0 Å². The van der Waals surface area contributed by atoms with Gasteiger partial charge in [-0.1, -0.05) is 35.9 Å². The van der Waals surface area contributed by atoms with Crippen molar-refractivity contribution in [3.8, 4) is 11.1 Å². The van der Waals surface area contributed by atoms with Crippen molar-refractivity contribution in [2.75, 3.05) is 19.8 Å². The summed E-state index contributed by atoms with van der Waals surface area (Å²) in [6.45, 7) is 1.28. The quantitative estimate of drug-likeness (QED) is 0.773. The van der Waals surface area contributed by atoms with Crippen molar-refractivity contribution >= 4 is 22.5 Å². The normalized spacial score (nSPS) is 16.6. The van der Waals surface area contributed by atoms with Crippen LogP contribution in [0.2, 0.25) is 5.02 Å². The molecule has 1 saturated heterocycles. The van der Waals surface area contributed by atoms with Gasteiger partial charge in [-0.05, 0) is 29.3 Å². The highest BCUT2D eigenvalue weighted by molar-refractivity contribution is 6.34. The molecule has 2 N–H and O–H groups in total. The molecule has 3 aromatic rings. The number of ether oxygens (including phenoxy) is 1. The molecule has 0 unspecified atom stereocenters. The number of aromatic amines is 1. The standard InChI is InChI=1S/C18H16ClNO2/c19-16-8-17-13(5-6-20-17)7-15(16)12-1-3-14(4-2-12)18(9-21)10-22-11-18/h1-8,20-21H,9-11H2. The van der Waals surface area contributed by atoms with Gasteiger partial charge in [0.15, 0.2) is 0 Å². The van der Waals surface area contributed by atoms with Crippen LogP contribution in [0, 0.1) is 0 Å². The minimum absolute atomic E-state index is 0.114. The van der Waals surface area contributed by atoms with Gasteiger partial charge < -0.3 is 14.8 Å². The number of fused-ring (bicyclic) bond motifs is 1. The van der Waals surface area contributed by atoms with Gasteiger partial charge in [0.1, 0.15) is 0 Å². The molecule has 1 fully saturated rings. The molecule has 112 valence electrons. The van der Waals surface area contributed by atoms with E-state index in [4.69, 9.17) is 16.3 Å². The molecule has 1 aliphatic rings. The molecule has 1 aromatic heterocycles. The van der Waals surface area contributed by atoms with Crippen LogP contribution in [0.4, 0.5) is 0 Å². The average molecular weight is 314 g/mol. The van der Waals surface area contributed by atoms with E-state index in [2.05, 4.69) is 35.3 Å². The Morgan fingerprint density at radius 3 is 2.55 bits per heavy atom. The van der Waals surface area contributed by atoms with Crippen molar-refractivity contribution < 1.29 is 9.84 Å². The number of nitrogens with one attached hydrogen (secondary N) is 1. The van der Waals surface area contributed by atoms with E-state index in [9.17, 15) is 5.11 Å². The average Bonchev–Trinajstić information content (AvgIpc) is 2.94. The van der Waals surface area contributed by atoms with Crippen molar-refractivity contribution in [3.63, 3.8) is 0 Å². The Kier molecular flexibility index (Phi) is 3.22. The Bertz CT molecular complexity index is 813. The maximum Gasteiger partial charge on any atom is 0.0651 e. The van der Waals surface area contributed by atoms with Gasteiger partial charge in [-0.3, -0.25) is 0 Å². The van der Waals surface area contributed by atoms with Gasteiger partial charge in [0, 0.05) is 22.7 Å². The van der Waals surface area contributed by atoms with Crippen LogP contribution in [0.15, 0.2) is 48.7 Å². The first-order chi connectivity index (χ1) is 10.7. The van der Waals surface area contributed by atoms with E-state index >= 15 is 0 Å². The van der Waals surface area contributed by atoms with Crippen molar-refractivity contribution in [3.05, 3.63) is 59.2 Å². The highest BCUT2D eigenvalue weighted by Gasteiger charge is 2.39. The second-order valence-electron chi connectivity index (χ2n) is 5.91. The van der Waals surface area contributed by atoms with Crippen LogP contribution in [0.3, 0.4) is 0 Å². The second kappa shape index (κ2) is 5.13. The maximum atomic E-state index is 9.61. The van der Waals surface area contributed by atoms with Crippen LogP contribution in [-0.4, -0.2) is 29.9 Å². The Hall–Kier alpha value is -1.81. The van der Waals surface area contributed by atoms with Gasteiger partial charge in [0.25, 0.3) is 0 Å². The predicted octanol–water partition coefficient (Wildman–Crippen LogP) is 3.75. The van der Waals surface area contributed by atoms with Gasteiger partial charge in [0.05, 0.1) is 30.3 Å². The van der Waals surface area contributed by atoms with E-state index in [0.29, 0.717) is 13.2 Å². The Labute approximate surface area is 133 Å². The zero-order chi connectivity index (χ0) is 15.2. The SMILES string of the molecule is OCC1(c2ccc(-c3cc4cc[nH]c4cc3Cl)cc2)COC1. The molecule has 4 heteroatoms. The lowest BCUT2D eigenvalue weighted by atomic mass is 9.79. The van der Waals surface area contributed by atoms with Gasteiger partial charge in [-0.2, -0.15) is 0 Å². The van der Waals surface area contributed by atoms with Gasteiger partial charge in [0.2, 0.25) is 0 Å². The summed E-state index contributed by atoms with van der Waals surface area (Å²) >= 11 is 6.41. The van der Waals surface area contributed by atoms with Crippen molar-refractivity contribution in [1.29, 1.82) is 0 Å². The first-order valence-corrected chi connectivity index (χ1v) is 7.66. The van der Waals surface area contributed by atoms with Gasteiger partial charge in [-0.25, -0.2) is 0 Å². The van der Waals surface area contributed by atoms with Crippen molar-refractivity contribution in [2.24, 2.45) is 0 Å². The molecule has 22 heavy (non-hydrogen) atoms. The number of rotatable bonds is 3. The fourth-order valence-corrected chi connectivity index (χ4v) is 3.27. The molecule has 0 spiro atoms. The maximum absolute atomic E-state index is 9.61. The number of hydrogen-bond acceptors (Lipinski definition) is 2. The molecule has 2 aromatic carbocycles. The zero-order valence-electron chi connectivity index (χ0n) is 12.0. The van der Waals surface area contributed by atoms with E-state index in [-0.39, 0.29) is 12.0 Å². The molecule has 2 heterocycles. The summed E-state index contributed by atoms with van der Waals surface area (Å²) in [6, 6.07) is 14.3. The molecular weight excluding hydrogens is 298 g/mol. The number of aromatic nitrogens is 1. The number of H-pyrrole nitrogens is 1. The molecular formula is C18H16ClNO2. The lowest BCUT2D eigenvalue weighted by Gasteiger charge is -2.40. The summed E-state index contributed by atoms with van der Waals surface area (Å²) in [4.78, 5) is 3.16. The van der Waals surface area contributed by atoms with E-state index in [1.807, 2.05) is 18.3 Å². The van der Waals surface area contributed by atoms with E-state index in [1.54, 1.807) is 0 Å². The lowest BCUT2D eigenvalue weighted by Crippen LogP contribution is -2.49. The molecule has 0 aliphatic carbocycles. The van der Waals surface area contributed by atoms with Crippen LogP contribution in [-0.2, 0) is 10.2 Å². The fourth-order valence-electron chi connectivity index (χ4n) is 3.00. The molecule has 0 saturated carbocycles. The van der Waals surface area contributed by atoms with Crippen LogP contribution >= 0.6 is 11.6 Å². The highest BCUT2D eigenvalue weighted by atomic mass is 35.5. The Morgan fingerprint density at radius 2 is 1.91 bits per heavy atom. The zero-order valence-corrected chi connectivity index (χ0v) is 12.7. The third-order valence-corrected chi connectivity index (χ3v) is 4.82. The highest BCUT2D eigenvalue weighted by Crippen LogP contribution is 2.35. The number of aliphatic hydroxyl groups is 1. The first-order valence-electron chi connectivity index (χ1n) is 7.28. The summed E-state index contributed by atoms with van der Waals surface area (Å²) in [5.41, 5.74) is 4.01. The molecule has 0 amide bonds. The van der Waals surface area contributed by atoms with Crippen LogP contribution in [0.5, 0.6) is 0 Å². The largest absolute Gasteiger partial charge is 0.395 e. The van der Waals surface area contributed by atoms with Crippen LogP contribution in [0.1, 0.15) is 5.56 Å². The van der Waals surface area contributed by atoms with Crippen molar-refractivity contribution in [2.45, 2.75) is 5.41 Å². The second-order valence-corrected chi connectivity index (χ2v) is 6.31. The molecule has 0 radical (unpaired) electrons. The molecule has 1 aliphatic heterocycles. The summed E-state index contributed by atoms with van der Waals surface area (Å²) in [6.07, 6.45) is 1.91. The fraction of sp³-hybridized carbons (Fsp3) is 0.222. The Morgan fingerprint density at radius 1 is 1.14 bits per heavy atom. The number of aliphatic hydroxyl groups excluding tert-OH is 1.